The molecule has 1 N–H and O–H groups in total. The van der Waals surface area contributed by atoms with Gasteiger partial charge in [0.25, 0.3) is 0 Å². The summed E-state index contributed by atoms with van der Waals surface area (Å²) >= 11 is 0. The molecule has 1 heterocycles. The Kier molecular flexibility index (Phi) is 5.51. The van der Waals surface area contributed by atoms with E-state index >= 15 is 0 Å². The number of carbonyl (C=O) groups excluding carboxylic acids is 1. The van der Waals surface area contributed by atoms with Gasteiger partial charge in [0.2, 0.25) is 5.91 Å². The van der Waals surface area contributed by atoms with Crippen LogP contribution in [0.4, 0.5) is 5.82 Å². The zero-order valence-corrected chi connectivity index (χ0v) is 7.53. The molecule has 1 amide bonds. The van der Waals surface area contributed by atoms with Gasteiger partial charge in [0.05, 0.1) is 0 Å². The van der Waals surface area contributed by atoms with Gasteiger partial charge in [-0.25, -0.2) is 9.97 Å². The summed E-state index contributed by atoms with van der Waals surface area (Å²) in [5.41, 5.74) is 0. The summed E-state index contributed by atoms with van der Waals surface area (Å²) in [6.07, 6.45) is 2.95. The molecule has 0 radical (unpaired) electrons. The SMILES string of the molecule is CC.CC(=O)Nc1ccncn1. The van der Waals surface area contributed by atoms with Crippen molar-refractivity contribution in [2.45, 2.75) is 20.8 Å². The van der Waals surface area contributed by atoms with E-state index in [0.29, 0.717) is 5.82 Å². The molecule has 0 fully saturated rings. The maximum absolute atomic E-state index is 10.4. The van der Waals surface area contributed by atoms with Crippen molar-refractivity contribution in [3.63, 3.8) is 0 Å². The van der Waals surface area contributed by atoms with Crippen molar-refractivity contribution >= 4 is 11.7 Å². The third-order valence-electron chi connectivity index (χ3n) is 0.886. The molecule has 4 nitrogen and oxygen atoms in total. The molecular formula is C8H13N3O. The molecule has 1 rings (SSSR count). The van der Waals surface area contributed by atoms with Crippen LogP contribution in [0.25, 0.3) is 0 Å². The van der Waals surface area contributed by atoms with Crippen LogP contribution in [0.5, 0.6) is 0 Å². The third kappa shape index (κ3) is 4.38. The summed E-state index contributed by atoms with van der Waals surface area (Å²) in [4.78, 5) is 17.9. The minimum Gasteiger partial charge on any atom is -0.311 e. The fraction of sp³-hybridized carbons (Fsp3) is 0.375. The molecule has 0 saturated carbocycles. The van der Waals surface area contributed by atoms with Crippen LogP contribution in [0.2, 0.25) is 0 Å². The Morgan fingerprint density at radius 1 is 1.50 bits per heavy atom. The molecule has 0 spiro atoms. The fourth-order valence-corrected chi connectivity index (χ4v) is 0.545. The number of nitrogens with one attached hydrogen (secondary N) is 1. The fourth-order valence-electron chi connectivity index (χ4n) is 0.545. The van der Waals surface area contributed by atoms with E-state index in [0.717, 1.165) is 0 Å². The van der Waals surface area contributed by atoms with E-state index < -0.39 is 0 Å². The van der Waals surface area contributed by atoms with Crippen LogP contribution in [0.15, 0.2) is 18.6 Å². The van der Waals surface area contributed by atoms with Gasteiger partial charge in [-0.1, -0.05) is 13.8 Å². The zero-order chi connectivity index (χ0) is 9.40. The number of carbonyl (C=O) groups is 1. The zero-order valence-electron chi connectivity index (χ0n) is 7.53. The molecule has 0 atom stereocenters. The molecule has 0 saturated heterocycles. The van der Waals surface area contributed by atoms with Crippen LogP contribution >= 0.6 is 0 Å². The van der Waals surface area contributed by atoms with Crippen LogP contribution in [0.3, 0.4) is 0 Å². The lowest BCUT2D eigenvalue weighted by atomic mass is 10.5. The van der Waals surface area contributed by atoms with Crippen molar-refractivity contribution in [1.82, 2.24) is 9.97 Å². The van der Waals surface area contributed by atoms with Gasteiger partial charge in [-0.05, 0) is 6.07 Å². The summed E-state index contributed by atoms with van der Waals surface area (Å²) in [6.45, 7) is 5.43. The Bertz CT molecular complexity index is 223. The predicted molar refractivity (Wildman–Crippen MR) is 47.7 cm³/mol. The Morgan fingerprint density at radius 2 is 2.17 bits per heavy atom. The van der Waals surface area contributed by atoms with Crippen molar-refractivity contribution in [1.29, 1.82) is 0 Å². The van der Waals surface area contributed by atoms with E-state index in [1.54, 1.807) is 12.3 Å². The van der Waals surface area contributed by atoms with Crippen LogP contribution in [-0.2, 0) is 4.79 Å². The highest BCUT2D eigenvalue weighted by atomic mass is 16.1. The lowest BCUT2D eigenvalue weighted by Crippen LogP contribution is -2.06. The summed E-state index contributed by atoms with van der Waals surface area (Å²) in [7, 11) is 0. The minimum atomic E-state index is -0.126. The predicted octanol–water partition coefficient (Wildman–Crippen LogP) is 1.46. The molecule has 4 heteroatoms. The van der Waals surface area contributed by atoms with Crippen LogP contribution < -0.4 is 5.32 Å². The van der Waals surface area contributed by atoms with Crippen molar-refractivity contribution in [2.75, 3.05) is 5.32 Å². The van der Waals surface area contributed by atoms with E-state index in [1.807, 2.05) is 13.8 Å². The first-order valence-electron chi connectivity index (χ1n) is 3.82. The van der Waals surface area contributed by atoms with Gasteiger partial charge < -0.3 is 5.32 Å². The van der Waals surface area contributed by atoms with E-state index in [2.05, 4.69) is 15.3 Å². The second-order valence-electron chi connectivity index (χ2n) is 1.78. The third-order valence-corrected chi connectivity index (χ3v) is 0.886. The summed E-state index contributed by atoms with van der Waals surface area (Å²) in [5.74, 6) is 0.404. The van der Waals surface area contributed by atoms with Crippen molar-refractivity contribution in [3.8, 4) is 0 Å². The van der Waals surface area contributed by atoms with Crippen LogP contribution in [0, 0.1) is 0 Å². The van der Waals surface area contributed by atoms with Crippen LogP contribution in [-0.4, -0.2) is 15.9 Å². The molecule has 0 aliphatic heterocycles. The first-order valence-corrected chi connectivity index (χ1v) is 3.82. The normalized spacial score (nSPS) is 7.92. The molecule has 1 aromatic heterocycles. The lowest BCUT2D eigenvalue weighted by Gasteiger charge is -1.96. The number of anilines is 1. The van der Waals surface area contributed by atoms with E-state index in [-0.39, 0.29) is 5.91 Å². The minimum absolute atomic E-state index is 0.126. The van der Waals surface area contributed by atoms with Crippen molar-refractivity contribution in [2.24, 2.45) is 0 Å². The summed E-state index contributed by atoms with van der Waals surface area (Å²) in [6, 6.07) is 1.63. The maximum atomic E-state index is 10.4. The van der Waals surface area contributed by atoms with E-state index in [4.69, 9.17) is 0 Å². The van der Waals surface area contributed by atoms with E-state index in [9.17, 15) is 4.79 Å². The number of hydrogen-bond acceptors (Lipinski definition) is 3. The summed E-state index contributed by atoms with van der Waals surface area (Å²) < 4.78 is 0. The smallest absolute Gasteiger partial charge is 0.222 e. The Morgan fingerprint density at radius 3 is 2.58 bits per heavy atom. The monoisotopic (exact) mass is 167 g/mol. The summed E-state index contributed by atoms with van der Waals surface area (Å²) in [5, 5.41) is 2.51. The molecular weight excluding hydrogens is 154 g/mol. The van der Waals surface area contributed by atoms with Crippen molar-refractivity contribution < 1.29 is 4.79 Å². The van der Waals surface area contributed by atoms with Crippen molar-refractivity contribution in [3.05, 3.63) is 18.6 Å². The topological polar surface area (TPSA) is 54.9 Å². The second kappa shape index (κ2) is 6.27. The Labute approximate surface area is 72.0 Å². The van der Waals surface area contributed by atoms with Gasteiger partial charge in [0, 0.05) is 13.1 Å². The second-order valence-corrected chi connectivity index (χ2v) is 1.78. The standard InChI is InChI=1S/C6H7N3O.C2H6/c1-5(10)9-6-2-3-7-4-8-6;1-2/h2-4H,1H3,(H,7,8,9,10);1-2H3. The van der Waals surface area contributed by atoms with Gasteiger partial charge in [-0.15, -0.1) is 0 Å². The number of amides is 1. The highest BCUT2D eigenvalue weighted by molar-refractivity contribution is 5.87. The lowest BCUT2D eigenvalue weighted by molar-refractivity contribution is -0.114. The van der Waals surface area contributed by atoms with Gasteiger partial charge in [0.1, 0.15) is 12.1 Å². The molecule has 0 bridgehead atoms. The number of nitrogens with zero attached hydrogens (tertiary/aromatic N) is 2. The molecule has 12 heavy (non-hydrogen) atoms. The molecule has 0 unspecified atom stereocenters. The quantitative estimate of drug-likeness (QED) is 0.689. The Balaban J connectivity index is 0.000000561. The first-order chi connectivity index (χ1) is 5.79. The number of rotatable bonds is 1. The van der Waals surface area contributed by atoms with Gasteiger partial charge in [-0.3, -0.25) is 4.79 Å². The van der Waals surface area contributed by atoms with E-state index in [1.165, 1.54) is 13.3 Å². The average molecular weight is 167 g/mol. The molecule has 66 valence electrons. The van der Waals surface area contributed by atoms with Gasteiger partial charge in [-0.2, -0.15) is 0 Å². The maximum Gasteiger partial charge on any atom is 0.222 e. The largest absolute Gasteiger partial charge is 0.311 e. The molecule has 0 aliphatic carbocycles. The first kappa shape index (κ1) is 10.6. The molecule has 0 aromatic carbocycles. The average Bonchev–Trinajstić information content (AvgIpc) is 2.08. The molecule has 0 aliphatic rings. The highest BCUT2D eigenvalue weighted by Crippen LogP contribution is 1.95. The van der Waals surface area contributed by atoms with Gasteiger partial charge in [0.15, 0.2) is 0 Å². The van der Waals surface area contributed by atoms with Crippen LogP contribution in [0.1, 0.15) is 20.8 Å². The highest BCUT2D eigenvalue weighted by Gasteiger charge is 1.92. The number of hydrogen-bond donors (Lipinski definition) is 1. The Hall–Kier alpha value is -1.45. The molecule has 1 aromatic rings. The number of aromatic nitrogens is 2. The van der Waals surface area contributed by atoms with Gasteiger partial charge >= 0.3 is 0 Å².